The average Bonchev–Trinajstić information content (AvgIpc) is 3.43. The van der Waals surface area contributed by atoms with Crippen LogP contribution in [0.3, 0.4) is 0 Å². The van der Waals surface area contributed by atoms with Gasteiger partial charge in [-0.2, -0.15) is 0 Å². The summed E-state index contributed by atoms with van der Waals surface area (Å²) in [7, 11) is 2.97. The van der Waals surface area contributed by atoms with Gasteiger partial charge in [-0.05, 0) is 37.5 Å². The van der Waals surface area contributed by atoms with Crippen molar-refractivity contribution in [3.63, 3.8) is 0 Å². The second-order valence-corrected chi connectivity index (χ2v) is 9.81. The molecule has 4 rings (SSSR count). The number of rotatable bonds is 11. The van der Waals surface area contributed by atoms with Crippen molar-refractivity contribution in [2.45, 2.75) is 45.6 Å². The van der Waals surface area contributed by atoms with Crippen LogP contribution in [0.1, 0.15) is 44.6 Å². The molecule has 206 valence electrons. The fourth-order valence-electron chi connectivity index (χ4n) is 5.12. The van der Waals surface area contributed by atoms with Crippen LogP contribution in [0, 0.1) is 11.7 Å². The molecule has 2 aromatic carbocycles. The lowest BCUT2D eigenvalue weighted by molar-refractivity contribution is -0.144. The first-order valence-electron chi connectivity index (χ1n) is 13.4. The predicted molar refractivity (Wildman–Crippen MR) is 145 cm³/mol. The fourth-order valence-corrected chi connectivity index (χ4v) is 5.12. The molecule has 0 saturated carbocycles. The molecule has 2 aromatic rings. The van der Waals surface area contributed by atoms with Gasteiger partial charge in [-0.25, -0.2) is 9.18 Å². The van der Waals surface area contributed by atoms with Crippen LogP contribution in [0.15, 0.2) is 36.4 Å². The van der Waals surface area contributed by atoms with E-state index in [2.05, 4.69) is 6.92 Å². The van der Waals surface area contributed by atoms with Gasteiger partial charge in [0.25, 0.3) is 0 Å². The summed E-state index contributed by atoms with van der Waals surface area (Å²) < 4.78 is 31.9. The van der Waals surface area contributed by atoms with E-state index in [0.29, 0.717) is 62.0 Å². The van der Waals surface area contributed by atoms with Crippen molar-refractivity contribution in [2.75, 3.05) is 56.8 Å². The Morgan fingerprint density at radius 3 is 2.68 bits per heavy atom. The van der Waals surface area contributed by atoms with Crippen LogP contribution < -0.4 is 19.3 Å². The van der Waals surface area contributed by atoms with Crippen LogP contribution in [0.25, 0.3) is 0 Å². The van der Waals surface area contributed by atoms with Gasteiger partial charge in [0.15, 0.2) is 17.3 Å². The molecule has 2 heterocycles. The number of carbonyl (C=O) groups excluding carboxylic acids is 2. The van der Waals surface area contributed by atoms with E-state index in [9.17, 15) is 9.59 Å². The number of carbonyl (C=O) groups is 2. The Morgan fingerprint density at radius 1 is 1.08 bits per heavy atom. The molecule has 8 nitrogen and oxygen atoms in total. The topological polar surface area (TPSA) is 71.5 Å². The van der Waals surface area contributed by atoms with Gasteiger partial charge in [-0.3, -0.25) is 9.69 Å². The maximum Gasteiger partial charge on any atom is 0.324 e. The van der Waals surface area contributed by atoms with E-state index in [4.69, 9.17) is 14.2 Å². The number of ether oxygens (including phenoxy) is 3. The highest BCUT2D eigenvalue weighted by Crippen LogP contribution is 2.34. The maximum atomic E-state index is 15.6. The first kappa shape index (κ1) is 27.5. The SMILES string of the molecule is CCCCCOc1cc(N2CCCN(Cc3cccc(N4CCC(C(=O)OC)C4)c3F)C2=O)ccc1OC. The highest BCUT2D eigenvalue weighted by atomic mass is 19.1. The van der Waals surface area contributed by atoms with E-state index in [1.165, 1.54) is 7.11 Å². The van der Waals surface area contributed by atoms with Crippen molar-refractivity contribution in [1.82, 2.24) is 4.90 Å². The number of esters is 1. The number of methoxy groups -OCH3 is 2. The molecule has 2 saturated heterocycles. The molecule has 0 N–H and O–H groups in total. The molecular weight excluding hydrogens is 489 g/mol. The van der Waals surface area contributed by atoms with Crippen molar-refractivity contribution in [3.05, 3.63) is 47.8 Å². The number of amides is 2. The second-order valence-electron chi connectivity index (χ2n) is 9.81. The van der Waals surface area contributed by atoms with E-state index < -0.39 is 0 Å². The van der Waals surface area contributed by atoms with Crippen LogP contribution in [0.5, 0.6) is 11.5 Å². The fraction of sp³-hybridized carbons (Fsp3) is 0.517. The van der Waals surface area contributed by atoms with Gasteiger partial charge in [0.05, 0.1) is 39.0 Å². The number of halogens is 1. The quantitative estimate of drug-likeness (QED) is 0.294. The Kier molecular flexibility index (Phi) is 9.31. The summed E-state index contributed by atoms with van der Waals surface area (Å²) >= 11 is 0. The van der Waals surface area contributed by atoms with E-state index >= 15 is 4.39 Å². The molecule has 1 atom stereocenters. The highest BCUT2D eigenvalue weighted by Gasteiger charge is 2.32. The number of benzene rings is 2. The molecule has 1 unspecified atom stereocenters. The lowest BCUT2D eigenvalue weighted by atomic mass is 10.1. The summed E-state index contributed by atoms with van der Waals surface area (Å²) in [6.07, 6.45) is 4.53. The summed E-state index contributed by atoms with van der Waals surface area (Å²) in [6.45, 7) is 5.01. The molecular formula is C29H38FN3O5. The molecule has 0 radical (unpaired) electrons. The zero-order valence-electron chi connectivity index (χ0n) is 22.6. The van der Waals surface area contributed by atoms with Crippen molar-refractivity contribution in [1.29, 1.82) is 0 Å². The largest absolute Gasteiger partial charge is 0.493 e. The molecule has 9 heteroatoms. The summed E-state index contributed by atoms with van der Waals surface area (Å²) in [5.74, 6) is 0.360. The van der Waals surface area contributed by atoms with E-state index in [-0.39, 0.29) is 30.3 Å². The minimum Gasteiger partial charge on any atom is -0.493 e. The molecule has 0 aromatic heterocycles. The summed E-state index contributed by atoms with van der Waals surface area (Å²) in [5.41, 5.74) is 1.63. The number of anilines is 2. The molecule has 0 aliphatic carbocycles. The predicted octanol–water partition coefficient (Wildman–Crippen LogP) is 5.23. The first-order valence-corrected chi connectivity index (χ1v) is 13.4. The molecule has 2 fully saturated rings. The molecule has 2 aliphatic rings. The number of nitrogens with zero attached hydrogens (tertiary/aromatic N) is 3. The smallest absolute Gasteiger partial charge is 0.324 e. The number of hydrogen-bond acceptors (Lipinski definition) is 6. The lowest BCUT2D eigenvalue weighted by Gasteiger charge is -2.36. The van der Waals surface area contributed by atoms with Gasteiger partial charge < -0.3 is 24.0 Å². The number of unbranched alkanes of at least 4 members (excludes halogenated alkanes) is 2. The zero-order valence-corrected chi connectivity index (χ0v) is 22.6. The first-order chi connectivity index (χ1) is 18.5. The second kappa shape index (κ2) is 12.8. The summed E-state index contributed by atoms with van der Waals surface area (Å²) in [4.78, 5) is 30.7. The van der Waals surface area contributed by atoms with Crippen LogP contribution >= 0.6 is 0 Å². The van der Waals surface area contributed by atoms with Gasteiger partial charge in [-0.1, -0.05) is 31.9 Å². The van der Waals surface area contributed by atoms with Crippen LogP contribution in [-0.4, -0.2) is 63.9 Å². The standard InChI is InChI=1S/C29H38FN3O5/c1-4-5-6-17-38-26-18-23(11-12-25(26)36-2)33-15-8-14-32(29(33)35)19-21-9-7-10-24(27(21)30)31-16-13-22(20-31)28(34)37-3/h7,9-12,18,22H,4-6,8,13-17,19-20H2,1-3H3. The van der Waals surface area contributed by atoms with Crippen molar-refractivity contribution in [3.8, 4) is 11.5 Å². The normalized spacial score (nSPS) is 17.6. The Morgan fingerprint density at radius 2 is 1.92 bits per heavy atom. The summed E-state index contributed by atoms with van der Waals surface area (Å²) in [6, 6.07) is 10.6. The third-order valence-electron chi connectivity index (χ3n) is 7.26. The van der Waals surface area contributed by atoms with Crippen LogP contribution in [0.2, 0.25) is 0 Å². The van der Waals surface area contributed by atoms with Gasteiger partial charge in [-0.15, -0.1) is 0 Å². The summed E-state index contributed by atoms with van der Waals surface area (Å²) in [5, 5.41) is 0. The van der Waals surface area contributed by atoms with Crippen molar-refractivity contribution >= 4 is 23.4 Å². The molecule has 0 bridgehead atoms. The van der Waals surface area contributed by atoms with Gasteiger partial charge >= 0.3 is 12.0 Å². The third kappa shape index (κ3) is 6.14. The Bertz CT molecular complexity index is 1130. The van der Waals surface area contributed by atoms with Crippen LogP contribution in [0.4, 0.5) is 20.6 Å². The monoisotopic (exact) mass is 527 g/mol. The van der Waals surface area contributed by atoms with Gasteiger partial charge in [0, 0.05) is 43.5 Å². The molecule has 38 heavy (non-hydrogen) atoms. The maximum absolute atomic E-state index is 15.6. The van der Waals surface area contributed by atoms with Gasteiger partial charge in [0.2, 0.25) is 0 Å². The lowest BCUT2D eigenvalue weighted by Crippen LogP contribution is -2.49. The van der Waals surface area contributed by atoms with Crippen molar-refractivity contribution < 1.29 is 28.2 Å². The minimum atomic E-state index is -0.352. The average molecular weight is 528 g/mol. The molecule has 0 spiro atoms. The van der Waals surface area contributed by atoms with E-state index in [0.717, 1.165) is 31.4 Å². The van der Waals surface area contributed by atoms with Crippen LogP contribution in [-0.2, 0) is 16.1 Å². The Balaban J connectivity index is 1.47. The highest BCUT2D eigenvalue weighted by molar-refractivity contribution is 5.93. The Hall–Kier alpha value is -3.49. The van der Waals surface area contributed by atoms with Crippen molar-refractivity contribution in [2.24, 2.45) is 5.92 Å². The van der Waals surface area contributed by atoms with E-state index in [1.807, 2.05) is 23.1 Å². The van der Waals surface area contributed by atoms with Gasteiger partial charge in [0.1, 0.15) is 0 Å². The van der Waals surface area contributed by atoms with E-state index in [1.54, 1.807) is 35.1 Å². The molecule has 2 amide bonds. The Labute approximate surface area is 224 Å². The number of hydrogen-bond donors (Lipinski definition) is 0. The number of urea groups is 1. The minimum absolute atomic E-state index is 0.166. The zero-order chi connectivity index (χ0) is 27.1. The molecule has 2 aliphatic heterocycles. The third-order valence-corrected chi connectivity index (χ3v) is 7.26.